The average molecular weight is 263 g/mol. The standard InChI is InChI=1S/C9H15BrN2S/c1-3-7-9(10)13-8(12-7)4-6(2)5-11/h6H,3-5,11H2,1-2H3. The van der Waals surface area contributed by atoms with E-state index in [4.69, 9.17) is 5.73 Å². The Morgan fingerprint density at radius 3 is 2.77 bits per heavy atom. The highest BCUT2D eigenvalue weighted by Crippen LogP contribution is 2.26. The van der Waals surface area contributed by atoms with Crippen LogP contribution in [0.15, 0.2) is 3.79 Å². The monoisotopic (exact) mass is 262 g/mol. The lowest BCUT2D eigenvalue weighted by atomic mass is 10.1. The van der Waals surface area contributed by atoms with Gasteiger partial charge in [0.15, 0.2) is 0 Å². The van der Waals surface area contributed by atoms with Crippen LogP contribution >= 0.6 is 27.3 Å². The minimum absolute atomic E-state index is 0.530. The summed E-state index contributed by atoms with van der Waals surface area (Å²) in [4.78, 5) is 4.53. The average Bonchev–Trinajstić information content (AvgIpc) is 2.46. The first-order chi connectivity index (χ1) is 6.17. The molecule has 1 rings (SSSR count). The molecule has 0 amide bonds. The maximum atomic E-state index is 5.56. The second-order valence-corrected chi connectivity index (χ2v) is 5.63. The molecule has 1 aromatic rings. The number of rotatable bonds is 4. The van der Waals surface area contributed by atoms with Crippen LogP contribution in [0.4, 0.5) is 0 Å². The van der Waals surface area contributed by atoms with Crippen LogP contribution in [0.3, 0.4) is 0 Å². The van der Waals surface area contributed by atoms with Crippen molar-refractivity contribution < 1.29 is 0 Å². The maximum absolute atomic E-state index is 5.56. The molecule has 0 saturated heterocycles. The lowest BCUT2D eigenvalue weighted by molar-refractivity contribution is 0.590. The van der Waals surface area contributed by atoms with Crippen molar-refractivity contribution in [3.8, 4) is 0 Å². The van der Waals surface area contributed by atoms with Gasteiger partial charge in [-0.15, -0.1) is 11.3 Å². The summed E-state index contributed by atoms with van der Waals surface area (Å²) in [5.74, 6) is 0.530. The molecule has 1 unspecified atom stereocenters. The van der Waals surface area contributed by atoms with E-state index in [1.54, 1.807) is 11.3 Å². The molecule has 1 heterocycles. The van der Waals surface area contributed by atoms with Crippen LogP contribution in [0.2, 0.25) is 0 Å². The number of nitrogens with zero attached hydrogens (tertiary/aromatic N) is 1. The predicted molar refractivity (Wildman–Crippen MR) is 61.1 cm³/mol. The molecule has 74 valence electrons. The predicted octanol–water partition coefficient (Wildman–Crippen LogP) is 2.61. The molecule has 2 N–H and O–H groups in total. The minimum atomic E-state index is 0.530. The van der Waals surface area contributed by atoms with E-state index >= 15 is 0 Å². The molecule has 4 heteroatoms. The van der Waals surface area contributed by atoms with Crippen LogP contribution in [0.5, 0.6) is 0 Å². The zero-order valence-corrected chi connectivity index (χ0v) is 10.4. The summed E-state index contributed by atoms with van der Waals surface area (Å²) in [6, 6.07) is 0. The Hall–Kier alpha value is 0.0700. The summed E-state index contributed by atoms with van der Waals surface area (Å²) >= 11 is 5.25. The molecule has 0 bridgehead atoms. The van der Waals surface area contributed by atoms with Crippen LogP contribution in [0.1, 0.15) is 24.5 Å². The molecule has 1 atom stereocenters. The van der Waals surface area contributed by atoms with Gasteiger partial charge in [-0.1, -0.05) is 13.8 Å². The number of hydrogen-bond donors (Lipinski definition) is 1. The molecule has 1 aromatic heterocycles. The molecule has 13 heavy (non-hydrogen) atoms. The number of aryl methyl sites for hydroxylation is 1. The van der Waals surface area contributed by atoms with E-state index in [0.717, 1.165) is 19.4 Å². The summed E-state index contributed by atoms with van der Waals surface area (Å²) in [6.45, 7) is 5.01. The zero-order chi connectivity index (χ0) is 9.84. The summed E-state index contributed by atoms with van der Waals surface area (Å²) < 4.78 is 1.18. The fourth-order valence-electron chi connectivity index (χ4n) is 1.07. The van der Waals surface area contributed by atoms with Crippen molar-refractivity contribution in [1.82, 2.24) is 4.98 Å². The van der Waals surface area contributed by atoms with Gasteiger partial charge in [-0.25, -0.2) is 4.98 Å². The molecular formula is C9H15BrN2S. The van der Waals surface area contributed by atoms with Gasteiger partial charge in [0.05, 0.1) is 14.5 Å². The molecule has 0 radical (unpaired) electrons. The maximum Gasteiger partial charge on any atom is 0.0943 e. The zero-order valence-electron chi connectivity index (χ0n) is 8.01. The molecule has 0 saturated carbocycles. The highest BCUT2D eigenvalue weighted by molar-refractivity contribution is 9.11. The van der Waals surface area contributed by atoms with E-state index in [1.165, 1.54) is 14.5 Å². The normalized spacial score (nSPS) is 13.2. The quantitative estimate of drug-likeness (QED) is 0.906. The third-order valence-corrected chi connectivity index (χ3v) is 3.81. The minimum Gasteiger partial charge on any atom is -0.330 e. The fourth-order valence-corrected chi connectivity index (χ4v) is 3.03. The van der Waals surface area contributed by atoms with Crippen LogP contribution < -0.4 is 5.73 Å². The smallest absolute Gasteiger partial charge is 0.0943 e. The Kier molecular flexibility index (Phi) is 4.35. The lowest BCUT2D eigenvalue weighted by Crippen LogP contribution is -2.12. The van der Waals surface area contributed by atoms with Gasteiger partial charge >= 0.3 is 0 Å². The topological polar surface area (TPSA) is 38.9 Å². The van der Waals surface area contributed by atoms with Gasteiger partial charge in [0.25, 0.3) is 0 Å². The van der Waals surface area contributed by atoms with Crippen LogP contribution in [0.25, 0.3) is 0 Å². The van der Waals surface area contributed by atoms with Crippen molar-refractivity contribution in [2.45, 2.75) is 26.7 Å². The van der Waals surface area contributed by atoms with Crippen molar-refractivity contribution in [3.63, 3.8) is 0 Å². The van der Waals surface area contributed by atoms with E-state index in [1.807, 2.05) is 0 Å². The summed E-state index contributed by atoms with van der Waals surface area (Å²) in [7, 11) is 0. The Bertz CT molecular complexity index is 273. The van der Waals surface area contributed by atoms with Gasteiger partial charge in [-0.05, 0) is 34.8 Å². The Morgan fingerprint density at radius 1 is 1.62 bits per heavy atom. The highest BCUT2D eigenvalue weighted by atomic mass is 79.9. The van der Waals surface area contributed by atoms with Gasteiger partial charge < -0.3 is 5.73 Å². The van der Waals surface area contributed by atoms with Gasteiger partial charge in [0.1, 0.15) is 0 Å². The van der Waals surface area contributed by atoms with E-state index in [9.17, 15) is 0 Å². The second kappa shape index (κ2) is 5.08. The van der Waals surface area contributed by atoms with Gasteiger partial charge in [0, 0.05) is 6.42 Å². The molecule has 0 aliphatic rings. The lowest BCUT2D eigenvalue weighted by Gasteiger charge is -2.03. The van der Waals surface area contributed by atoms with Gasteiger partial charge in [-0.3, -0.25) is 0 Å². The Morgan fingerprint density at radius 2 is 2.31 bits per heavy atom. The van der Waals surface area contributed by atoms with E-state index < -0.39 is 0 Å². The number of hydrogen-bond acceptors (Lipinski definition) is 3. The summed E-state index contributed by atoms with van der Waals surface area (Å²) in [5, 5.41) is 1.20. The molecular weight excluding hydrogens is 248 g/mol. The second-order valence-electron chi connectivity index (χ2n) is 3.23. The van der Waals surface area contributed by atoms with Crippen molar-refractivity contribution in [3.05, 3.63) is 14.5 Å². The Labute approximate surface area is 91.7 Å². The summed E-state index contributed by atoms with van der Waals surface area (Å²) in [5.41, 5.74) is 6.73. The van der Waals surface area contributed by atoms with Crippen LogP contribution in [-0.2, 0) is 12.8 Å². The molecule has 0 aliphatic carbocycles. The van der Waals surface area contributed by atoms with Crippen molar-refractivity contribution in [2.75, 3.05) is 6.54 Å². The van der Waals surface area contributed by atoms with Crippen molar-refractivity contribution >= 4 is 27.3 Å². The van der Waals surface area contributed by atoms with Gasteiger partial charge in [0.2, 0.25) is 0 Å². The molecule has 0 aliphatic heterocycles. The first-order valence-corrected chi connectivity index (χ1v) is 6.12. The number of thiazole rings is 1. The van der Waals surface area contributed by atoms with E-state index in [2.05, 4.69) is 34.8 Å². The molecule has 0 fully saturated rings. The third-order valence-electron chi connectivity index (χ3n) is 1.95. The molecule has 2 nitrogen and oxygen atoms in total. The first kappa shape index (κ1) is 11.1. The SMILES string of the molecule is CCc1nc(CC(C)CN)sc1Br. The highest BCUT2D eigenvalue weighted by Gasteiger charge is 2.09. The third kappa shape index (κ3) is 3.04. The van der Waals surface area contributed by atoms with Crippen LogP contribution in [0, 0.1) is 5.92 Å². The van der Waals surface area contributed by atoms with Crippen molar-refractivity contribution in [2.24, 2.45) is 11.7 Å². The number of aromatic nitrogens is 1. The van der Waals surface area contributed by atoms with Gasteiger partial charge in [-0.2, -0.15) is 0 Å². The molecule has 0 spiro atoms. The van der Waals surface area contributed by atoms with E-state index in [0.29, 0.717) is 5.92 Å². The number of nitrogens with two attached hydrogens (primary N) is 1. The van der Waals surface area contributed by atoms with E-state index in [-0.39, 0.29) is 0 Å². The van der Waals surface area contributed by atoms with Crippen molar-refractivity contribution in [1.29, 1.82) is 0 Å². The Balaban J connectivity index is 2.67. The largest absolute Gasteiger partial charge is 0.330 e. The number of halogens is 1. The first-order valence-electron chi connectivity index (χ1n) is 4.51. The summed E-state index contributed by atoms with van der Waals surface area (Å²) in [6.07, 6.45) is 1.99. The van der Waals surface area contributed by atoms with Crippen LogP contribution in [-0.4, -0.2) is 11.5 Å². The molecule has 0 aromatic carbocycles. The fraction of sp³-hybridized carbons (Fsp3) is 0.667.